The molecule has 0 aliphatic heterocycles. The van der Waals surface area contributed by atoms with Crippen molar-refractivity contribution in [3.8, 4) is 17.1 Å². The van der Waals surface area contributed by atoms with Gasteiger partial charge in [0.15, 0.2) is 0 Å². The van der Waals surface area contributed by atoms with Crippen molar-refractivity contribution in [1.29, 1.82) is 0 Å². The van der Waals surface area contributed by atoms with Gasteiger partial charge < -0.3 is 9.26 Å². The molecule has 1 heterocycles. The van der Waals surface area contributed by atoms with E-state index in [1.165, 1.54) is 11.4 Å². The third-order valence-corrected chi connectivity index (χ3v) is 6.96. The van der Waals surface area contributed by atoms with Gasteiger partial charge in [-0.25, -0.2) is 8.42 Å². The number of aryl methyl sites for hydroxylation is 1. The number of hydrogen-bond acceptors (Lipinski definition) is 6. The number of benzene rings is 2. The molecule has 0 aliphatic carbocycles. The van der Waals surface area contributed by atoms with E-state index in [4.69, 9.17) is 20.9 Å². The van der Waals surface area contributed by atoms with Crippen LogP contribution in [0, 0.1) is 6.92 Å². The van der Waals surface area contributed by atoms with Crippen LogP contribution in [0.25, 0.3) is 11.4 Å². The van der Waals surface area contributed by atoms with Gasteiger partial charge in [0, 0.05) is 17.6 Å². The molecule has 0 radical (unpaired) electrons. The number of ether oxygens (including phenoxy) is 1. The SMILES string of the molecule is COc1cc(C)c(S(=O)(=O)N(C)Cc2nc(-c3ccc(Cl)cc3)no2)cc1C(C)C. The van der Waals surface area contributed by atoms with Gasteiger partial charge in [-0.1, -0.05) is 30.6 Å². The molecule has 0 N–H and O–H groups in total. The maximum atomic E-state index is 13.2. The Morgan fingerprint density at radius 3 is 2.47 bits per heavy atom. The van der Waals surface area contributed by atoms with Gasteiger partial charge >= 0.3 is 0 Å². The Hall–Kier alpha value is -2.42. The zero-order chi connectivity index (χ0) is 22.1. The normalized spacial score (nSPS) is 12.0. The number of rotatable bonds is 7. The van der Waals surface area contributed by atoms with Crippen molar-refractivity contribution >= 4 is 21.6 Å². The van der Waals surface area contributed by atoms with E-state index in [1.54, 1.807) is 50.4 Å². The summed E-state index contributed by atoms with van der Waals surface area (Å²) in [5, 5.41) is 4.54. The minimum absolute atomic E-state index is 0.0502. The molecular weight excluding hydrogens is 426 g/mol. The highest BCUT2D eigenvalue weighted by Crippen LogP contribution is 2.33. The predicted octanol–water partition coefficient (Wildman–Crippen LogP) is 4.65. The fourth-order valence-corrected chi connectivity index (χ4v) is 4.55. The quantitative estimate of drug-likeness (QED) is 0.521. The van der Waals surface area contributed by atoms with E-state index in [0.29, 0.717) is 22.2 Å². The predicted molar refractivity (Wildman–Crippen MR) is 115 cm³/mol. The number of nitrogens with zero attached hydrogens (tertiary/aromatic N) is 3. The summed E-state index contributed by atoms with van der Waals surface area (Å²) in [7, 11) is -0.713. The number of aromatic nitrogens is 2. The highest BCUT2D eigenvalue weighted by Gasteiger charge is 2.27. The van der Waals surface area contributed by atoms with Gasteiger partial charge in [-0.05, 0) is 60.4 Å². The maximum Gasteiger partial charge on any atom is 0.243 e. The van der Waals surface area contributed by atoms with E-state index in [-0.39, 0.29) is 23.2 Å². The molecule has 0 saturated heterocycles. The average Bonchev–Trinajstić information content (AvgIpc) is 3.16. The summed E-state index contributed by atoms with van der Waals surface area (Å²) < 4.78 is 38.3. The fraction of sp³-hybridized carbons (Fsp3) is 0.333. The summed E-state index contributed by atoms with van der Waals surface area (Å²) in [6.45, 7) is 5.68. The lowest BCUT2D eigenvalue weighted by Gasteiger charge is -2.20. The molecule has 0 unspecified atom stereocenters. The van der Waals surface area contributed by atoms with Crippen molar-refractivity contribution in [1.82, 2.24) is 14.4 Å². The third kappa shape index (κ3) is 4.50. The van der Waals surface area contributed by atoms with Gasteiger partial charge in [0.1, 0.15) is 5.75 Å². The topological polar surface area (TPSA) is 85.5 Å². The van der Waals surface area contributed by atoms with Crippen molar-refractivity contribution in [3.05, 3.63) is 58.4 Å². The van der Waals surface area contributed by atoms with Gasteiger partial charge in [-0.2, -0.15) is 9.29 Å². The van der Waals surface area contributed by atoms with Crippen LogP contribution in [-0.4, -0.2) is 37.0 Å². The lowest BCUT2D eigenvalue weighted by atomic mass is 10.0. The van der Waals surface area contributed by atoms with Crippen LogP contribution in [0.1, 0.15) is 36.8 Å². The number of halogens is 1. The molecule has 7 nitrogen and oxygen atoms in total. The van der Waals surface area contributed by atoms with E-state index < -0.39 is 10.0 Å². The van der Waals surface area contributed by atoms with Crippen LogP contribution >= 0.6 is 11.6 Å². The molecule has 160 valence electrons. The maximum absolute atomic E-state index is 13.2. The molecule has 0 atom stereocenters. The average molecular weight is 450 g/mol. The minimum atomic E-state index is -3.78. The summed E-state index contributed by atoms with van der Waals surface area (Å²) in [6.07, 6.45) is 0. The molecule has 3 aromatic rings. The first-order chi connectivity index (χ1) is 14.1. The van der Waals surface area contributed by atoms with Crippen LogP contribution in [0.5, 0.6) is 5.75 Å². The van der Waals surface area contributed by atoms with E-state index in [2.05, 4.69) is 10.1 Å². The van der Waals surface area contributed by atoms with Crippen LogP contribution in [0.4, 0.5) is 0 Å². The van der Waals surface area contributed by atoms with E-state index in [0.717, 1.165) is 11.1 Å². The van der Waals surface area contributed by atoms with Crippen molar-refractivity contribution < 1.29 is 17.7 Å². The summed E-state index contributed by atoms with van der Waals surface area (Å²) >= 11 is 5.90. The number of sulfonamides is 1. The van der Waals surface area contributed by atoms with E-state index in [9.17, 15) is 8.42 Å². The Balaban J connectivity index is 1.87. The Morgan fingerprint density at radius 2 is 1.87 bits per heavy atom. The van der Waals surface area contributed by atoms with E-state index >= 15 is 0 Å². The van der Waals surface area contributed by atoms with Gasteiger partial charge in [-0.3, -0.25) is 0 Å². The molecule has 0 fully saturated rings. The second kappa shape index (κ2) is 8.75. The third-order valence-electron chi connectivity index (χ3n) is 4.77. The second-order valence-corrected chi connectivity index (χ2v) is 9.74. The molecule has 9 heteroatoms. The van der Waals surface area contributed by atoms with Crippen molar-refractivity contribution in [2.75, 3.05) is 14.2 Å². The summed E-state index contributed by atoms with van der Waals surface area (Å²) in [5.41, 5.74) is 2.17. The zero-order valence-electron chi connectivity index (χ0n) is 17.5. The molecule has 3 rings (SSSR count). The lowest BCUT2D eigenvalue weighted by molar-refractivity contribution is 0.336. The monoisotopic (exact) mass is 449 g/mol. The van der Waals surface area contributed by atoms with E-state index in [1.807, 2.05) is 13.8 Å². The second-order valence-electron chi connectivity index (χ2n) is 7.29. The summed E-state index contributed by atoms with van der Waals surface area (Å²) in [5.74, 6) is 1.35. The Labute approximate surface area is 181 Å². The first-order valence-electron chi connectivity index (χ1n) is 9.37. The molecule has 0 amide bonds. The van der Waals surface area contributed by atoms with Crippen LogP contribution in [-0.2, 0) is 16.6 Å². The minimum Gasteiger partial charge on any atom is -0.496 e. The van der Waals surface area contributed by atoms with Gasteiger partial charge in [0.25, 0.3) is 0 Å². The molecule has 30 heavy (non-hydrogen) atoms. The van der Waals surface area contributed by atoms with Crippen LogP contribution in [0.2, 0.25) is 5.02 Å². The number of methoxy groups -OCH3 is 1. The molecule has 0 spiro atoms. The first kappa shape index (κ1) is 22.3. The molecular formula is C21H24ClN3O4S. The highest BCUT2D eigenvalue weighted by molar-refractivity contribution is 7.89. The lowest BCUT2D eigenvalue weighted by Crippen LogP contribution is -2.27. The van der Waals surface area contributed by atoms with Gasteiger partial charge in [0.2, 0.25) is 21.7 Å². The first-order valence-corrected chi connectivity index (χ1v) is 11.2. The fourth-order valence-electron chi connectivity index (χ4n) is 3.06. The number of hydrogen-bond donors (Lipinski definition) is 0. The largest absolute Gasteiger partial charge is 0.496 e. The van der Waals surface area contributed by atoms with Gasteiger partial charge in [-0.15, -0.1) is 0 Å². The smallest absolute Gasteiger partial charge is 0.243 e. The molecule has 1 aromatic heterocycles. The van der Waals surface area contributed by atoms with Gasteiger partial charge in [0.05, 0.1) is 18.6 Å². The molecule has 2 aromatic carbocycles. The van der Waals surface area contributed by atoms with Crippen molar-refractivity contribution in [2.24, 2.45) is 0 Å². The van der Waals surface area contributed by atoms with Crippen molar-refractivity contribution in [2.45, 2.75) is 38.1 Å². The Bertz CT molecular complexity index is 1140. The summed E-state index contributed by atoms with van der Waals surface area (Å²) in [6, 6.07) is 10.4. The molecule has 0 saturated carbocycles. The summed E-state index contributed by atoms with van der Waals surface area (Å²) in [4.78, 5) is 4.53. The Morgan fingerprint density at radius 1 is 1.20 bits per heavy atom. The Kier molecular flexibility index (Phi) is 6.50. The van der Waals surface area contributed by atoms with Crippen LogP contribution in [0.15, 0.2) is 45.8 Å². The highest BCUT2D eigenvalue weighted by atomic mass is 35.5. The molecule has 0 bridgehead atoms. The van der Waals surface area contributed by atoms with Crippen LogP contribution in [0.3, 0.4) is 0 Å². The molecule has 0 aliphatic rings. The van der Waals surface area contributed by atoms with Crippen LogP contribution < -0.4 is 4.74 Å². The standard InChI is InChI=1S/C21H24ClN3O4S/c1-13(2)17-11-19(14(3)10-18(17)28-5)30(26,27)25(4)12-20-23-21(24-29-20)15-6-8-16(22)9-7-15/h6-11,13H,12H2,1-5H3. The zero-order valence-corrected chi connectivity index (χ0v) is 19.1. The van der Waals surface area contributed by atoms with Crippen molar-refractivity contribution in [3.63, 3.8) is 0 Å².